The van der Waals surface area contributed by atoms with Gasteiger partial charge in [-0.1, -0.05) is 6.07 Å². The van der Waals surface area contributed by atoms with Crippen molar-refractivity contribution in [2.75, 3.05) is 39.5 Å². The van der Waals surface area contributed by atoms with Crippen molar-refractivity contribution in [2.24, 2.45) is 5.92 Å². The van der Waals surface area contributed by atoms with E-state index in [4.69, 9.17) is 9.47 Å². The zero-order chi connectivity index (χ0) is 22.6. The summed E-state index contributed by atoms with van der Waals surface area (Å²) >= 11 is 0. The first-order chi connectivity index (χ1) is 16.0. The Bertz CT molecular complexity index is 994. The van der Waals surface area contributed by atoms with E-state index in [2.05, 4.69) is 16.3 Å². The van der Waals surface area contributed by atoms with Gasteiger partial charge in [-0.15, -0.1) is 0 Å². The van der Waals surface area contributed by atoms with Crippen LogP contribution in [0.2, 0.25) is 0 Å². The van der Waals surface area contributed by atoms with E-state index in [0.717, 1.165) is 75.8 Å². The predicted octanol–water partition coefficient (Wildman–Crippen LogP) is 1.60. The van der Waals surface area contributed by atoms with Gasteiger partial charge in [-0.25, -0.2) is 0 Å². The molecule has 0 aliphatic carbocycles. The topological polar surface area (TPSA) is 88.2 Å². The molecule has 5 aliphatic rings. The largest absolute Gasteiger partial charge is 0.492 e. The number of imide groups is 1. The molecule has 1 unspecified atom stereocenters. The molecule has 0 saturated carbocycles. The van der Waals surface area contributed by atoms with Gasteiger partial charge in [-0.2, -0.15) is 0 Å². The van der Waals surface area contributed by atoms with Gasteiger partial charge in [0.15, 0.2) is 0 Å². The van der Waals surface area contributed by atoms with Gasteiger partial charge in [0.2, 0.25) is 11.8 Å². The lowest BCUT2D eigenvalue weighted by Crippen LogP contribution is -2.52. The van der Waals surface area contributed by atoms with E-state index in [1.54, 1.807) is 4.90 Å². The zero-order valence-electron chi connectivity index (χ0n) is 18.9. The van der Waals surface area contributed by atoms with Crippen LogP contribution in [-0.4, -0.2) is 73.0 Å². The van der Waals surface area contributed by atoms with Gasteiger partial charge in [-0.3, -0.25) is 19.7 Å². The van der Waals surface area contributed by atoms with Gasteiger partial charge in [0.05, 0.1) is 13.2 Å². The lowest BCUT2D eigenvalue weighted by atomic mass is 9.73. The van der Waals surface area contributed by atoms with Gasteiger partial charge in [-0.05, 0) is 57.2 Å². The maximum atomic E-state index is 13.1. The van der Waals surface area contributed by atoms with E-state index < -0.39 is 6.04 Å². The standard InChI is InChI=1S/C25H31N3O5/c29-21-4-3-20(23(30)26-21)28-14-18-17(24(28)31)1-2-19-22(18)33-15-25(19)7-9-27(10-8-25)13-16-5-11-32-12-6-16/h1-2,16,20H,3-15H2,(H,26,29,30). The summed E-state index contributed by atoms with van der Waals surface area (Å²) in [7, 11) is 0. The number of carbonyl (C=O) groups is 3. The molecule has 0 aromatic heterocycles. The van der Waals surface area contributed by atoms with Crippen molar-refractivity contribution in [2.45, 2.75) is 56.5 Å². The first kappa shape index (κ1) is 21.1. The molecule has 3 saturated heterocycles. The Hall–Kier alpha value is -2.45. The van der Waals surface area contributed by atoms with Gasteiger partial charge in [0, 0.05) is 48.3 Å². The third-order valence-electron chi connectivity index (χ3n) is 8.40. The third kappa shape index (κ3) is 3.54. The highest BCUT2D eigenvalue weighted by atomic mass is 16.5. The Balaban J connectivity index is 1.18. The summed E-state index contributed by atoms with van der Waals surface area (Å²) in [6, 6.07) is 3.41. The first-order valence-electron chi connectivity index (χ1n) is 12.3. The summed E-state index contributed by atoms with van der Waals surface area (Å²) in [4.78, 5) is 41.2. The molecule has 1 spiro atoms. The number of nitrogens with one attached hydrogen (secondary N) is 1. The molecule has 1 atom stereocenters. The highest BCUT2D eigenvalue weighted by molar-refractivity contribution is 6.05. The molecular formula is C25H31N3O5. The van der Waals surface area contributed by atoms with E-state index >= 15 is 0 Å². The molecular weight excluding hydrogens is 422 g/mol. The predicted molar refractivity (Wildman–Crippen MR) is 119 cm³/mol. The minimum Gasteiger partial charge on any atom is -0.492 e. The summed E-state index contributed by atoms with van der Waals surface area (Å²) in [5.74, 6) is 0.812. The van der Waals surface area contributed by atoms with Crippen LogP contribution in [0.4, 0.5) is 0 Å². The number of ether oxygens (including phenoxy) is 2. The number of amides is 3. The molecule has 6 rings (SSSR count). The van der Waals surface area contributed by atoms with Crippen molar-refractivity contribution in [1.82, 2.24) is 15.1 Å². The molecule has 8 heteroatoms. The molecule has 0 bridgehead atoms. The molecule has 176 valence electrons. The van der Waals surface area contributed by atoms with Crippen LogP contribution in [0.3, 0.4) is 0 Å². The average Bonchev–Trinajstić information content (AvgIpc) is 3.35. The van der Waals surface area contributed by atoms with Crippen LogP contribution in [0.25, 0.3) is 0 Å². The van der Waals surface area contributed by atoms with Gasteiger partial charge >= 0.3 is 0 Å². The molecule has 33 heavy (non-hydrogen) atoms. The molecule has 5 heterocycles. The van der Waals surface area contributed by atoms with E-state index in [0.29, 0.717) is 25.1 Å². The Morgan fingerprint density at radius 1 is 1.06 bits per heavy atom. The maximum Gasteiger partial charge on any atom is 0.255 e. The molecule has 3 fully saturated rings. The van der Waals surface area contributed by atoms with E-state index in [9.17, 15) is 14.4 Å². The normalized spacial score (nSPS) is 27.5. The van der Waals surface area contributed by atoms with Gasteiger partial charge in [0.25, 0.3) is 5.91 Å². The van der Waals surface area contributed by atoms with E-state index in [-0.39, 0.29) is 29.6 Å². The van der Waals surface area contributed by atoms with Gasteiger partial charge < -0.3 is 19.3 Å². The Morgan fingerprint density at radius 2 is 1.85 bits per heavy atom. The molecule has 8 nitrogen and oxygen atoms in total. The monoisotopic (exact) mass is 453 g/mol. The van der Waals surface area contributed by atoms with Crippen LogP contribution in [0.15, 0.2) is 12.1 Å². The Kier molecular flexibility index (Phi) is 5.18. The fraction of sp³-hybridized carbons (Fsp3) is 0.640. The highest BCUT2D eigenvalue weighted by Gasteiger charge is 2.47. The van der Waals surface area contributed by atoms with Crippen molar-refractivity contribution in [1.29, 1.82) is 0 Å². The average molecular weight is 454 g/mol. The molecule has 5 aliphatic heterocycles. The van der Waals surface area contributed by atoms with Crippen molar-refractivity contribution in [3.05, 3.63) is 28.8 Å². The number of rotatable bonds is 3. The van der Waals surface area contributed by atoms with Crippen LogP contribution in [-0.2, 0) is 26.3 Å². The summed E-state index contributed by atoms with van der Waals surface area (Å²) in [6.07, 6.45) is 5.09. The van der Waals surface area contributed by atoms with Crippen molar-refractivity contribution < 1.29 is 23.9 Å². The Morgan fingerprint density at radius 3 is 2.61 bits per heavy atom. The van der Waals surface area contributed by atoms with Crippen LogP contribution in [0.1, 0.15) is 60.0 Å². The minimum atomic E-state index is -0.595. The molecule has 3 amide bonds. The van der Waals surface area contributed by atoms with E-state index in [1.165, 1.54) is 5.56 Å². The number of piperidine rings is 2. The first-order valence-corrected chi connectivity index (χ1v) is 12.3. The lowest BCUT2D eigenvalue weighted by molar-refractivity contribution is -0.136. The summed E-state index contributed by atoms with van der Waals surface area (Å²) in [5.41, 5.74) is 2.78. The second-order valence-corrected chi connectivity index (χ2v) is 10.3. The number of hydrogen-bond donors (Lipinski definition) is 1. The SMILES string of the molecule is O=C1CCC(N2Cc3c(ccc4c3OCC43CCN(CC4CCOCC4)CC3)C2=O)C(=O)N1. The molecule has 1 aromatic rings. The lowest BCUT2D eigenvalue weighted by Gasteiger charge is -2.40. The maximum absolute atomic E-state index is 13.1. The second-order valence-electron chi connectivity index (χ2n) is 10.3. The Labute approximate surface area is 193 Å². The van der Waals surface area contributed by atoms with Crippen molar-refractivity contribution >= 4 is 17.7 Å². The van der Waals surface area contributed by atoms with Crippen molar-refractivity contribution in [3.8, 4) is 5.75 Å². The smallest absolute Gasteiger partial charge is 0.255 e. The van der Waals surface area contributed by atoms with Gasteiger partial charge in [0.1, 0.15) is 11.8 Å². The fourth-order valence-corrected chi connectivity index (χ4v) is 6.36. The number of nitrogens with zero attached hydrogens (tertiary/aromatic N) is 2. The summed E-state index contributed by atoms with van der Waals surface area (Å²) < 4.78 is 11.8. The van der Waals surface area contributed by atoms with Crippen LogP contribution in [0, 0.1) is 5.92 Å². The third-order valence-corrected chi connectivity index (χ3v) is 8.40. The summed E-state index contributed by atoms with van der Waals surface area (Å²) in [5, 5.41) is 2.37. The number of carbonyl (C=O) groups excluding carboxylic acids is 3. The quantitative estimate of drug-likeness (QED) is 0.700. The number of fused-ring (bicyclic) bond motifs is 4. The van der Waals surface area contributed by atoms with Crippen LogP contribution < -0.4 is 10.1 Å². The van der Waals surface area contributed by atoms with Crippen LogP contribution in [0.5, 0.6) is 5.75 Å². The molecule has 0 radical (unpaired) electrons. The zero-order valence-corrected chi connectivity index (χ0v) is 18.9. The number of benzene rings is 1. The fourth-order valence-electron chi connectivity index (χ4n) is 6.36. The highest BCUT2D eigenvalue weighted by Crippen LogP contribution is 2.49. The molecule has 1 aromatic carbocycles. The number of hydrogen-bond acceptors (Lipinski definition) is 6. The summed E-state index contributed by atoms with van der Waals surface area (Å²) in [6.45, 7) is 6.11. The molecule has 1 N–H and O–H groups in total. The van der Waals surface area contributed by atoms with E-state index in [1.807, 2.05) is 6.07 Å². The second kappa shape index (κ2) is 8.09. The number of likely N-dealkylation sites (tertiary alicyclic amines) is 1. The minimum absolute atomic E-state index is 0.0155. The van der Waals surface area contributed by atoms with Crippen LogP contribution >= 0.6 is 0 Å². The van der Waals surface area contributed by atoms with Crippen molar-refractivity contribution in [3.63, 3.8) is 0 Å².